The number of aliphatic carboxylic acids is 1. The summed E-state index contributed by atoms with van der Waals surface area (Å²) >= 11 is 6.60. The summed E-state index contributed by atoms with van der Waals surface area (Å²) in [4.78, 5) is 26.6. The van der Waals surface area contributed by atoms with Crippen molar-refractivity contribution in [2.24, 2.45) is 11.3 Å². The lowest BCUT2D eigenvalue weighted by Crippen LogP contribution is -2.37. The minimum atomic E-state index is -0.734. The zero-order valence-electron chi connectivity index (χ0n) is 19.9. The standard InChI is InChI=1S/C26H33ClN4O3/c1-26(2,24(32)33)17-7-11-19(12-8-17)34-25-28-21-15-20(27)22(29-23(21)30-25)16-5-9-18(10-6-16)31-13-3-4-14-31/h5-6,9,15,17-19H,3-4,7-8,10-14H2,1-2H3,(H,32,33)(H,28,29,30). The van der Waals surface area contributed by atoms with Crippen LogP contribution in [0.3, 0.4) is 0 Å². The Balaban J connectivity index is 1.25. The van der Waals surface area contributed by atoms with Gasteiger partial charge in [-0.05, 0) is 89.4 Å². The van der Waals surface area contributed by atoms with Crippen LogP contribution in [0.2, 0.25) is 5.02 Å². The second kappa shape index (κ2) is 9.34. The van der Waals surface area contributed by atoms with E-state index in [4.69, 9.17) is 21.3 Å². The van der Waals surface area contributed by atoms with Gasteiger partial charge in [-0.25, -0.2) is 4.98 Å². The molecule has 3 aliphatic rings. The van der Waals surface area contributed by atoms with Gasteiger partial charge in [0.15, 0.2) is 5.65 Å². The van der Waals surface area contributed by atoms with Gasteiger partial charge < -0.3 is 14.8 Å². The summed E-state index contributed by atoms with van der Waals surface area (Å²) < 4.78 is 6.13. The number of ether oxygens (including phenoxy) is 1. The van der Waals surface area contributed by atoms with Crippen molar-refractivity contribution in [3.63, 3.8) is 0 Å². The van der Waals surface area contributed by atoms with Gasteiger partial charge in [0.1, 0.15) is 6.10 Å². The quantitative estimate of drug-likeness (QED) is 0.565. The molecule has 1 unspecified atom stereocenters. The van der Waals surface area contributed by atoms with Crippen LogP contribution in [-0.4, -0.2) is 56.2 Å². The molecule has 7 nitrogen and oxygen atoms in total. The van der Waals surface area contributed by atoms with Crippen LogP contribution >= 0.6 is 11.6 Å². The average Bonchev–Trinajstić information content (AvgIpc) is 3.49. The molecule has 1 saturated heterocycles. The smallest absolute Gasteiger partial charge is 0.309 e. The molecule has 0 aromatic carbocycles. The maximum absolute atomic E-state index is 11.6. The molecule has 34 heavy (non-hydrogen) atoms. The first kappa shape index (κ1) is 23.4. The molecular weight excluding hydrogens is 452 g/mol. The van der Waals surface area contributed by atoms with Crippen molar-refractivity contribution < 1.29 is 14.6 Å². The van der Waals surface area contributed by atoms with Crippen molar-refractivity contribution in [3.8, 4) is 6.01 Å². The molecule has 0 spiro atoms. The van der Waals surface area contributed by atoms with Crippen LogP contribution < -0.4 is 4.74 Å². The van der Waals surface area contributed by atoms with Crippen molar-refractivity contribution >= 4 is 34.3 Å². The van der Waals surface area contributed by atoms with E-state index in [1.165, 1.54) is 25.9 Å². The Bertz CT molecular complexity index is 1120. The van der Waals surface area contributed by atoms with E-state index in [2.05, 4.69) is 33.1 Å². The number of allylic oxidation sites excluding steroid dienone is 2. The second-order valence-corrected chi connectivity index (χ2v) is 10.8. The first-order valence-electron chi connectivity index (χ1n) is 12.4. The summed E-state index contributed by atoms with van der Waals surface area (Å²) in [5.41, 5.74) is 2.41. The molecule has 0 amide bonds. The molecule has 0 bridgehead atoms. The minimum Gasteiger partial charge on any atom is -0.481 e. The molecule has 1 atom stereocenters. The number of aromatic nitrogens is 3. The number of pyridine rings is 1. The molecule has 0 radical (unpaired) electrons. The molecule has 2 N–H and O–H groups in total. The predicted molar refractivity (Wildman–Crippen MR) is 133 cm³/mol. The third-order valence-electron chi connectivity index (χ3n) is 7.89. The number of aromatic amines is 1. The third-order valence-corrected chi connectivity index (χ3v) is 8.18. The monoisotopic (exact) mass is 484 g/mol. The number of carboxylic acid groups (broad SMARTS) is 1. The Morgan fingerprint density at radius 1 is 1.21 bits per heavy atom. The summed E-state index contributed by atoms with van der Waals surface area (Å²) in [6, 6.07) is 2.78. The number of carbonyl (C=O) groups is 1. The maximum Gasteiger partial charge on any atom is 0.309 e. The van der Waals surface area contributed by atoms with Crippen LogP contribution in [0.25, 0.3) is 16.7 Å². The highest BCUT2D eigenvalue weighted by atomic mass is 35.5. The predicted octanol–water partition coefficient (Wildman–Crippen LogP) is 5.47. The summed E-state index contributed by atoms with van der Waals surface area (Å²) in [7, 11) is 0. The van der Waals surface area contributed by atoms with Crippen LogP contribution in [0.4, 0.5) is 0 Å². The number of likely N-dealkylation sites (tertiary alicyclic amines) is 1. The lowest BCUT2D eigenvalue weighted by atomic mass is 9.70. The molecule has 8 heteroatoms. The molecule has 5 rings (SSSR count). The highest BCUT2D eigenvalue weighted by Gasteiger charge is 2.39. The number of fused-ring (bicyclic) bond motifs is 1. The van der Waals surface area contributed by atoms with Gasteiger partial charge in [0.25, 0.3) is 6.01 Å². The first-order valence-corrected chi connectivity index (χ1v) is 12.8. The van der Waals surface area contributed by atoms with Crippen molar-refractivity contribution in [1.29, 1.82) is 0 Å². The minimum absolute atomic E-state index is 0.0165. The lowest BCUT2D eigenvalue weighted by molar-refractivity contribution is -0.151. The van der Waals surface area contributed by atoms with E-state index >= 15 is 0 Å². The van der Waals surface area contributed by atoms with E-state index in [9.17, 15) is 9.90 Å². The van der Waals surface area contributed by atoms with E-state index in [1.807, 2.05) is 19.9 Å². The van der Waals surface area contributed by atoms with Crippen molar-refractivity contribution in [1.82, 2.24) is 19.9 Å². The Kier molecular flexibility index (Phi) is 6.42. The van der Waals surface area contributed by atoms with Crippen molar-refractivity contribution in [2.45, 2.75) is 70.9 Å². The topological polar surface area (TPSA) is 91.3 Å². The Morgan fingerprint density at radius 2 is 1.94 bits per heavy atom. The Hall–Kier alpha value is -2.38. The molecule has 2 aromatic rings. The number of nitrogens with zero attached hydrogens (tertiary/aromatic N) is 3. The SMILES string of the molecule is CC(C)(C(=O)O)C1CCC(Oc2nc3nc(C4=CCC(N5CCCC5)C=C4)c(Cl)cc3[nH]2)CC1. The summed E-state index contributed by atoms with van der Waals surface area (Å²) in [6.45, 7) is 5.99. The van der Waals surface area contributed by atoms with Gasteiger partial charge in [0, 0.05) is 6.04 Å². The number of rotatable bonds is 6. The highest BCUT2D eigenvalue weighted by Crippen LogP contribution is 2.39. The van der Waals surface area contributed by atoms with Crippen LogP contribution in [0, 0.1) is 11.3 Å². The lowest BCUT2D eigenvalue weighted by Gasteiger charge is -2.36. The fraction of sp³-hybridized carbons (Fsp3) is 0.577. The van der Waals surface area contributed by atoms with Gasteiger partial charge in [-0.2, -0.15) is 4.98 Å². The molecule has 1 saturated carbocycles. The zero-order valence-corrected chi connectivity index (χ0v) is 20.6. The molecule has 2 aliphatic carbocycles. The molecule has 2 fully saturated rings. The Morgan fingerprint density at radius 3 is 2.59 bits per heavy atom. The van der Waals surface area contributed by atoms with Gasteiger partial charge in [0.2, 0.25) is 0 Å². The molecule has 2 aromatic heterocycles. The summed E-state index contributed by atoms with van der Waals surface area (Å²) in [6.07, 6.45) is 13.5. The number of hydrogen-bond acceptors (Lipinski definition) is 5. The van der Waals surface area contributed by atoms with E-state index in [1.54, 1.807) is 0 Å². The summed E-state index contributed by atoms with van der Waals surface area (Å²) in [5.74, 6) is -0.576. The molecule has 182 valence electrons. The van der Waals surface area contributed by atoms with Gasteiger partial charge in [-0.1, -0.05) is 29.8 Å². The van der Waals surface area contributed by atoms with E-state index in [-0.39, 0.29) is 12.0 Å². The number of imidazole rings is 1. The second-order valence-electron chi connectivity index (χ2n) is 10.4. The largest absolute Gasteiger partial charge is 0.481 e. The average molecular weight is 485 g/mol. The van der Waals surface area contributed by atoms with E-state index in [0.717, 1.165) is 48.9 Å². The van der Waals surface area contributed by atoms with Crippen LogP contribution in [0.5, 0.6) is 6.01 Å². The van der Waals surface area contributed by atoms with Gasteiger partial charge in [0.05, 0.1) is 21.6 Å². The molecule has 1 aliphatic heterocycles. The first-order chi connectivity index (χ1) is 16.3. The van der Waals surface area contributed by atoms with Gasteiger partial charge >= 0.3 is 5.97 Å². The fourth-order valence-electron chi connectivity index (χ4n) is 5.52. The van der Waals surface area contributed by atoms with Gasteiger partial charge in [-0.3, -0.25) is 9.69 Å². The molecule has 3 heterocycles. The van der Waals surface area contributed by atoms with E-state index in [0.29, 0.717) is 22.7 Å². The highest BCUT2D eigenvalue weighted by molar-refractivity contribution is 6.32. The van der Waals surface area contributed by atoms with Gasteiger partial charge in [-0.15, -0.1) is 0 Å². The third kappa shape index (κ3) is 4.60. The van der Waals surface area contributed by atoms with Crippen LogP contribution in [0.1, 0.15) is 64.5 Å². The van der Waals surface area contributed by atoms with Crippen molar-refractivity contribution in [3.05, 3.63) is 35.0 Å². The normalized spacial score (nSPS) is 26.1. The number of carboxylic acids is 1. The zero-order chi connectivity index (χ0) is 23.9. The number of halogens is 1. The van der Waals surface area contributed by atoms with Crippen LogP contribution in [0.15, 0.2) is 24.3 Å². The van der Waals surface area contributed by atoms with Crippen LogP contribution in [-0.2, 0) is 4.79 Å². The fourth-order valence-corrected chi connectivity index (χ4v) is 5.78. The number of H-pyrrole nitrogens is 1. The number of nitrogens with one attached hydrogen (secondary N) is 1. The Labute approximate surface area is 205 Å². The van der Waals surface area contributed by atoms with Crippen molar-refractivity contribution in [2.75, 3.05) is 13.1 Å². The van der Waals surface area contributed by atoms with E-state index < -0.39 is 11.4 Å². The molecular formula is C26H33ClN4O3. The number of hydrogen-bond donors (Lipinski definition) is 2. The summed E-state index contributed by atoms with van der Waals surface area (Å²) in [5, 5.41) is 10.1. The maximum atomic E-state index is 11.6.